The van der Waals surface area contributed by atoms with Gasteiger partial charge in [0, 0.05) is 18.5 Å². The van der Waals surface area contributed by atoms with Gasteiger partial charge in [0.25, 0.3) is 10.0 Å². The summed E-state index contributed by atoms with van der Waals surface area (Å²) in [6.07, 6.45) is 0.967. The molecule has 7 heteroatoms. The van der Waals surface area contributed by atoms with Crippen molar-refractivity contribution in [3.63, 3.8) is 0 Å². The van der Waals surface area contributed by atoms with Crippen LogP contribution in [-0.2, 0) is 21.2 Å². The van der Waals surface area contributed by atoms with E-state index in [2.05, 4.69) is 12.2 Å². The fourth-order valence-electron chi connectivity index (χ4n) is 1.71. The summed E-state index contributed by atoms with van der Waals surface area (Å²) in [7, 11) is -1.80. The van der Waals surface area contributed by atoms with E-state index in [1.165, 1.54) is 15.6 Å². The monoisotopic (exact) mass is 334 g/mol. The summed E-state index contributed by atoms with van der Waals surface area (Å²) in [5, 5.41) is 3.24. The second kappa shape index (κ2) is 8.85. The predicted molar refractivity (Wildman–Crippen MR) is 87.5 cm³/mol. The van der Waals surface area contributed by atoms with E-state index in [0.717, 1.165) is 24.4 Å². The minimum Gasteiger partial charge on any atom is -0.377 e. The quantitative estimate of drug-likeness (QED) is 0.665. The molecular weight excluding hydrogens is 308 g/mol. The molecule has 0 aliphatic rings. The van der Waals surface area contributed by atoms with Crippen LogP contribution in [0.25, 0.3) is 0 Å². The highest BCUT2D eigenvalue weighted by Crippen LogP contribution is 2.24. The molecule has 0 radical (unpaired) electrons. The second-order valence-corrected chi connectivity index (χ2v) is 8.51. The Morgan fingerprint density at radius 2 is 2.10 bits per heavy atom. The summed E-state index contributed by atoms with van der Waals surface area (Å²) < 4.78 is 32.0. The molecule has 5 nitrogen and oxygen atoms in total. The summed E-state index contributed by atoms with van der Waals surface area (Å²) in [5.41, 5.74) is 0. The van der Waals surface area contributed by atoms with Crippen LogP contribution in [0.2, 0.25) is 0 Å². The van der Waals surface area contributed by atoms with Crippen molar-refractivity contribution < 1.29 is 13.2 Å². The van der Waals surface area contributed by atoms with Gasteiger partial charge in [0.1, 0.15) is 4.21 Å². The first-order valence-corrected chi connectivity index (χ1v) is 9.51. The Labute approximate surface area is 132 Å². The van der Waals surface area contributed by atoms with Crippen molar-refractivity contribution in [3.8, 4) is 0 Å². The lowest BCUT2D eigenvalue weighted by Crippen LogP contribution is -2.30. The molecule has 122 valence electrons. The molecule has 1 aromatic heterocycles. The van der Waals surface area contributed by atoms with Crippen LogP contribution in [0.1, 0.15) is 25.6 Å². The molecule has 0 aliphatic carbocycles. The lowest BCUT2D eigenvalue weighted by atomic mass is 10.3. The van der Waals surface area contributed by atoms with Crippen LogP contribution in [0.5, 0.6) is 0 Å². The lowest BCUT2D eigenvalue weighted by molar-refractivity contribution is 0.0737. The Balaban J connectivity index is 2.60. The maximum atomic E-state index is 12.4. The fraction of sp³-hybridized carbons (Fsp3) is 0.714. The molecule has 0 fully saturated rings. The molecule has 0 saturated carbocycles. The zero-order chi connectivity index (χ0) is 15.9. The molecule has 0 aromatic carbocycles. The van der Waals surface area contributed by atoms with Gasteiger partial charge in [-0.25, -0.2) is 8.42 Å². The standard InChI is InChI=1S/C14H26N2O3S2/c1-5-15-9-8-13-6-7-14(20-13)21(17,18)16(4)10-11-19-12(2)3/h6-7,12,15H,5,8-11H2,1-4H3. The van der Waals surface area contributed by atoms with E-state index in [1.54, 1.807) is 13.1 Å². The van der Waals surface area contributed by atoms with Crippen LogP contribution < -0.4 is 5.32 Å². The molecule has 21 heavy (non-hydrogen) atoms. The van der Waals surface area contributed by atoms with Crippen LogP contribution in [0.15, 0.2) is 16.3 Å². The molecule has 0 saturated heterocycles. The van der Waals surface area contributed by atoms with Crippen molar-refractivity contribution in [2.24, 2.45) is 0 Å². The summed E-state index contributed by atoms with van der Waals surface area (Å²) in [5.74, 6) is 0. The van der Waals surface area contributed by atoms with Gasteiger partial charge in [0.15, 0.2) is 0 Å². The molecule has 0 atom stereocenters. The Hall–Kier alpha value is -0.470. The van der Waals surface area contributed by atoms with Crippen molar-refractivity contribution in [2.75, 3.05) is 33.3 Å². The largest absolute Gasteiger partial charge is 0.377 e. The molecule has 0 bridgehead atoms. The predicted octanol–water partition coefficient (Wildman–Crippen LogP) is 1.95. The van der Waals surface area contributed by atoms with Crippen LogP contribution in [0.3, 0.4) is 0 Å². The number of sulfonamides is 1. The molecule has 0 spiro atoms. The zero-order valence-corrected chi connectivity index (χ0v) is 14.9. The van der Waals surface area contributed by atoms with Gasteiger partial charge in [0.2, 0.25) is 0 Å². The average molecular weight is 335 g/mol. The number of ether oxygens (including phenoxy) is 1. The maximum absolute atomic E-state index is 12.4. The number of thiophene rings is 1. The first-order valence-electron chi connectivity index (χ1n) is 7.25. The summed E-state index contributed by atoms with van der Waals surface area (Å²) in [4.78, 5) is 1.08. The zero-order valence-electron chi connectivity index (χ0n) is 13.3. The first kappa shape index (κ1) is 18.6. The minimum atomic E-state index is -3.40. The molecule has 1 heterocycles. The van der Waals surface area contributed by atoms with E-state index in [4.69, 9.17) is 4.74 Å². The van der Waals surface area contributed by atoms with Gasteiger partial charge in [-0.15, -0.1) is 11.3 Å². The number of rotatable bonds is 10. The fourth-order valence-corrected chi connectivity index (χ4v) is 4.43. The molecule has 0 unspecified atom stereocenters. The molecule has 0 amide bonds. The smallest absolute Gasteiger partial charge is 0.252 e. The Morgan fingerprint density at radius 3 is 2.71 bits per heavy atom. The maximum Gasteiger partial charge on any atom is 0.252 e. The van der Waals surface area contributed by atoms with Gasteiger partial charge < -0.3 is 10.1 Å². The van der Waals surface area contributed by atoms with Gasteiger partial charge in [0.05, 0.1) is 12.7 Å². The normalized spacial score (nSPS) is 12.5. The highest BCUT2D eigenvalue weighted by molar-refractivity contribution is 7.91. The third-order valence-electron chi connectivity index (χ3n) is 2.96. The number of hydrogen-bond donors (Lipinski definition) is 1. The van der Waals surface area contributed by atoms with Gasteiger partial charge in [-0.2, -0.15) is 4.31 Å². The third kappa shape index (κ3) is 6.04. The van der Waals surface area contributed by atoms with Crippen LogP contribution in [-0.4, -0.2) is 52.1 Å². The van der Waals surface area contributed by atoms with Crippen molar-refractivity contribution in [1.29, 1.82) is 0 Å². The van der Waals surface area contributed by atoms with Gasteiger partial charge in [-0.05, 0) is 45.5 Å². The molecule has 1 rings (SSSR count). The average Bonchev–Trinajstić information content (AvgIpc) is 2.88. The Morgan fingerprint density at radius 1 is 1.38 bits per heavy atom. The van der Waals surface area contributed by atoms with Crippen molar-refractivity contribution in [2.45, 2.75) is 37.5 Å². The number of hydrogen-bond acceptors (Lipinski definition) is 5. The van der Waals surface area contributed by atoms with Crippen LogP contribution in [0.4, 0.5) is 0 Å². The molecule has 1 N–H and O–H groups in total. The highest BCUT2D eigenvalue weighted by atomic mass is 32.2. The minimum absolute atomic E-state index is 0.112. The lowest BCUT2D eigenvalue weighted by Gasteiger charge is -2.16. The second-order valence-electron chi connectivity index (χ2n) is 5.07. The van der Waals surface area contributed by atoms with E-state index in [1.807, 2.05) is 19.9 Å². The van der Waals surface area contributed by atoms with Crippen molar-refractivity contribution >= 4 is 21.4 Å². The topological polar surface area (TPSA) is 58.6 Å². The Bertz CT molecular complexity index is 512. The van der Waals surface area contributed by atoms with E-state index >= 15 is 0 Å². The van der Waals surface area contributed by atoms with Gasteiger partial charge in [-0.3, -0.25) is 0 Å². The van der Waals surface area contributed by atoms with Crippen molar-refractivity contribution in [1.82, 2.24) is 9.62 Å². The number of nitrogens with one attached hydrogen (secondary N) is 1. The summed E-state index contributed by atoms with van der Waals surface area (Å²) >= 11 is 1.35. The summed E-state index contributed by atoms with van der Waals surface area (Å²) in [6.45, 7) is 8.49. The van der Waals surface area contributed by atoms with Gasteiger partial charge >= 0.3 is 0 Å². The Kier molecular flexibility index (Phi) is 7.83. The number of likely N-dealkylation sites (N-methyl/N-ethyl adjacent to an activating group) is 2. The van der Waals surface area contributed by atoms with Crippen molar-refractivity contribution in [3.05, 3.63) is 17.0 Å². The third-order valence-corrected chi connectivity index (χ3v) is 6.43. The van der Waals surface area contributed by atoms with Crippen LogP contribution >= 0.6 is 11.3 Å². The first-order chi connectivity index (χ1) is 9.87. The summed E-state index contributed by atoms with van der Waals surface area (Å²) in [6, 6.07) is 3.59. The van der Waals surface area contributed by atoms with E-state index in [9.17, 15) is 8.42 Å². The molecule has 0 aliphatic heterocycles. The molecular formula is C14H26N2O3S2. The van der Waals surface area contributed by atoms with E-state index in [0.29, 0.717) is 17.4 Å². The SMILES string of the molecule is CCNCCc1ccc(S(=O)(=O)N(C)CCOC(C)C)s1. The van der Waals surface area contributed by atoms with E-state index < -0.39 is 10.0 Å². The molecule has 1 aromatic rings. The van der Waals surface area contributed by atoms with Gasteiger partial charge in [-0.1, -0.05) is 6.92 Å². The number of nitrogens with zero attached hydrogens (tertiary/aromatic N) is 1. The highest BCUT2D eigenvalue weighted by Gasteiger charge is 2.22. The van der Waals surface area contributed by atoms with E-state index in [-0.39, 0.29) is 6.10 Å². The van der Waals surface area contributed by atoms with Crippen LogP contribution in [0, 0.1) is 0 Å².